The number of aromatic nitrogens is 2. The number of anilines is 2. The number of pyridine rings is 2. The van der Waals surface area contributed by atoms with Crippen molar-refractivity contribution in [2.24, 2.45) is 0 Å². The van der Waals surface area contributed by atoms with Crippen molar-refractivity contribution in [3.63, 3.8) is 0 Å². The number of morpholine rings is 1. The third-order valence-corrected chi connectivity index (χ3v) is 3.88. The average molecular weight is 305 g/mol. The molecule has 3 rings (SSSR count). The fourth-order valence-corrected chi connectivity index (χ4v) is 2.67. The van der Waals surface area contributed by atoms with Crippen molar-refractivity contribution in [1.29, 1.82) is 0 Å². The molecule has 0 radical (unpaired) electrons. The molecule has 0 saturated carbocycles. The van der Waals surface area contributed by atoms with E-state index in [1.165, 1.54) is 0 Å². The van der Waals surface area contributed by atoms with Gasteiger partial charge in [-0.1, -0.05) is 11.6 Å². The molecule has 0 aromatic carbocycles. The van der Waals surface area contributed by atoms with E-state index in [0.717, 1.165) is 35.6 Å². The summed E-state index contributed by atoms with van der Waals surface area (Å²) < 4.78 is 5.38. The quantitative estimate of drug-likeness (QED) is 0.864. The Hall–Kier alpha value is -1.85. The summed E-state index contributed by atoms with van der Waals surface area (Å²) in [5, 5.41) is 0.509. The Labute approximate surface area is 128 Å². The molecule has 1 fully saturated rings. The van der Waals surface area contributed by atoms with Gasteiger partial charge in [0.1, 0.15) is 0 Å². The fraction of sp³-hybridized carbons (Fsp3) is 0.333. The van der Waals surface area contributed by atoms with Gasteiger partial charge in [0, 0.05) is 36.1 Å². The van der Waals surface area contributed by atoms with Crippen LogP contribution in [0.25, 0.3) is 11.1 Å². The molecule has 1 saturated heterocycles. The standard InChI is InChI=1S/C15H17ClN4O/c1-10-13(7-12(17)9-18-10)11-6-14(15(16)19-8-11)20-2-4-21-5-3-20/h6-9H,2-5,17H2,1H3. The zero-order valence-corrected chi connectivity index (χ0v) is 12.6. The lowest BCUT2D eigenvalue weighted by Gasteiger charge is -2.29. The van der Waals surface area contributed by atoms with E-state index in [9.17, 15) is 0 Å². The molecule has 110 valence electrons. The molecular weight excluding hydrogens is 288 g/mol. The van der Waals surface area contributed by atoms with E-state index in [2.05, 4.69) is 14.9 Å². The van der Waals surface area contributed by atoms with Crippen molar-refractivity contribution in [1.82, 2.24) is 9.97 Å². The summed E-state index contributed by atoms with van der Waals surface area (Å²) in [6, 6.07) is 3.96. The van der Waals surface area contributed by atoms with Crippen LogP contribution in [0, 0.1) is 6.92 Å². The second-order valence-electron chi connectivity index (χ2n) is 5.03. The Morgan fingerprint density at radius 3 is 2.71 bits per heavy atom. The highest BCUT2D eigenvalue weighted by molar-refractivity contribution is 6.32. The maximum atomic E-state index is 6.25. The number of nitrogens with zero attached hydrogens (tertiary/aromatic N) is 3. The first-order valence-corrected chi connectivity index (χ1v) is 7.23. The maximum Gasteiger partial charge on any atom is 0.152 e. The largest absolute Gasteiger partial charge is 0.397 e. The normalized spacial score (nSPS) is 15.2. The zero-order valence-electron chi connectivity index (χ0n) is 11.8. The summed E-state index contributed by atoms with van der Waals surface area (Å²) in [5.41, 5.74) is 10.3. The Morgan fingerprint density at radius 2 is 1.95 bits per heavy atom. The van der Waals surface area contributed by atoms with Crippen molar-refractivity contribution in [3.8, 4) is 11.1 Å². The minimum Gasteiger partial charge on any atom is -0.397 e. The lowest BCUT2D eigenvalue weighted by molar-refractivity contribution is 0.122. The second-order valence-corrected chi connectivity index (χ2v) is 5.39. The highest BCUT2D eigenvalue weighted by atomic mass is 35.5. The van der Waals surface area contributed by atoms with Crippen LogP contribution in [0.15, 0.2) is 24.5 Å². The number of nitrogens with two attached hydrogens (primary N) is 1. The van der Waals surface area contributed by atoms with Crippen LogP contribution in [-0.4, -0.2) is 36.3 Å². The van der Waals surface area contributed by atoms with E-state index in [0.29, 0.717) is 24.1 Å². The molecule has 0 spiro atoms. The number of ether oxygens (including phenoxy) is 1. The molecule has 0 aliphatic carbocycles. The SMILES string of the molecule is Cc1ncc(N)cc1-c1cnc(Cl)c(N2CCOCC2)c1. The third-order valence-electron chi connectivity index (χ3n) is 3.59. The summed E-state index contributed by atoms with van der Waals surface area (Å²) in [5.74, 6) is 0. The molecule has 21 heavy (non-hydrogen) atoms. The predicted octanol–water partition coefficient (Wildman–Crippen LogP) is 2.52. The van der Waals surface area contributed by atoms with Crippen molar-refractivity contribution in [2.75, 3.05) is 36.9 Å². The van der Waals surface area contributed by atoms with E-state index >= 15 is 0 Å². The van der Waals surface area contributed by atoms with Gasteiger partial charge in [-0.2, -0.15) is 0 Å². The van der Waals surface area contributed by atoms with Gasteiger partial charge in [0.15, 0.2) is 5.15 Å². The molecule has 3 heterocycles. The lowest BCUT2D eigenvalue weighted by atomic mass is 10.1. The smallest absolute Gasteiger partial charge is 0.152 e. The molecule has 0 unspecified atom stereocenters. The van der Waals surface area contributed by atoms with Gasteiger partial charge in [-0.15, -0.1) is 0 Å². The van der Waals surface area contributed by atoms with Crippen LogP contribution in [-0.2, 0) is 4.74 Å². The van der Waals surface area contributed by atoms with E-state index in [1.54, 1.807) is 12.4 Å². The molecule has 5 nitrogen and oxygen atoms in total. The molecule has 2 aromatic heterocycles. The Kier molecular flexibility index (Phi) is 3.94. The molecule has 0 amide bonds. The zero-order chi connectivity index (χ0) is 14.8. The number of halogens is 1. The molecule has 1 aliphatic heterocycles. The molecule has 6 heteroatoms. The van der Waals surface area contributed by atoms with Crippen LogP contribution in [0.3, 0.4) is 0 Å². The van der Waals surface area contributed by atoms with E-state index in [1.807, 2.05) is 19.1 Å². The summed E-state index contributed by atoms with van der Waals surface area (Å²) in [7, 11) is 0. The van der Waals surface area contributed by atoms with Crippen LogP contribution >= 0.6 is 11.6 Å². The van der Waals surface area contributed by atoms with E-state index in [-0.39, 0.29) is 0 Å². The van der Waals surface area contributed by atoms with Gasteiger partial charge in [-0.3, -0.25) is 4.98 Å². The first-order chi connectivity index (χ1) is 10.1. The fourth-order valence-electron chi connectivity index (χ4n) is 2.45. The number of aryl methyl sites for hydroxylation is 1. The molecule has 1 aliphatic rings. The third kappa shape index (κ3) is 2.94. The summed E-state index contributed by atoms with van der Waals surface area (Å²) in [6.45, 7) is 5.01. The predicted molar refractivity (Wildman–Crippen MR) is 84.7 cm³/mol. The Bertz CT molecular complexity index is 656. The second kappa shape index (κ2) is 5.87. The molecule has 0 atom stereocenters. The minimum absolute atomic E-state index is 0.509. The topological polar surface area (TPSA) is 64.3 Å². The van der Waals surface area contributed by atoms with Crippen LogP contribution in [0.4, 0.5) is 11.4 Å². The van der Waals surface area contributed by atoms with Gasteiger partial charge in [0.25, 0.3) is 0 Å². The molecule has 0 bridgehead atoms. The van der Waals surface area contributed by atoms with Gasteiger partial charge >= 0.3 is 0 Å². The van der Waals surface area contributed by atoms with Crippen molar-refractivity contribution < 1.29 is 4.74 Å². The maximum absolute atomic E-state index is 6.25. The molecule has 2 aromatic rings. The minimum atomic E-state index is 0.509. The summed E-state index contributed by atoms with van der Waals surface area (Å²) >= 11 is 6.25. The Balaban J connectivity index is 2.02. The highest BCUT2D eigenvalue weighted by Gasteiger charge is 2.16. The highest BCUT2D eigenvalue weighted by Crippen LogP contribution is 2.31. The van der Waals surface area contributed by atoms with E-state index in [4.69, 9.17) is 22.1 Å². The van der Waals surface area contributed by atoms with Gasteiger partial charge < -0.3 is 15.4 Å². The van der Waals surface area contributed by atoms with Crippen molar-refractivity contribution >= 4 is 23.0 Å². The van der Waals surface area contributed by atoms with Crippen LogP contribution in [0.5, 0.6) is 0 Å². The van der Waals surface area contributed by atoms with Gasteiger partial charge in [0.05, 0.1) is 30.8 Å². The van der Waals surface area contributed by atoms with Crippen molar-refractivity contribution in [2.45, 2.75) is 6.92 Å². The number of rotatable bonds is 2. The van der Waals surface area contributed by atoms with Gasteiger partial charge in [0.2, 0.25) is 0 Å². The van der Waals surface area contributed by atoms with Crippen LogP contribution in [0.2, 0.25) is 5.15 Å². The summed E-state index contributed by atoms with van der Waals surface area (Å²) in [4.78, 5) is 10.8. The van der Waals surface area contributed by atoms with Crippen molar-refractivity contribution in [3.05, 3.63) is 35.4 Å². The number of nitrogen functional groups attached to an aromatic ring is 1. The lowest BCUT2D eigenvalue weighted by Crippen LogP contribution is -2.36. The molecule has 2 N–H and O–H groups in total. The van der Waals surface area contributed by atoms with Gasteiger partial charge in [-0.25, -0.2) is 4.98 Å². The number of hydrogen-bond acceptors (Lipinski definition) is 5. The first-order valence-electron chi connectivity index (χ1n) is 6.86. The first kappa shape index (κ1) is 14.1. The van der Waals surface area contributed by atoms with Crippen LogP contribution in [0.1, 0.15) is 5.69 Å². The summed E-state index contributed by atoms with van der Waals surface area (Å²) in [6.07, 6.45) is 3.42. The number of hydrogen-bond donors (Lipinski definition) is 1. The molecular formula is C15H17ClN4O. The van der Waals surface area contributed by atoms with Crippen LogP contribution < -0.4 is 10.6 Å². The van der Waals surface area contributed by atoms with E-state index < -0.39 is 0 Å². The average Bonchev–Trinajstić information content (AvgIpc) is 2.51. The Morgan fingerprint density at radius 1 is 1.19 bits per heavy atom. The van der Waals surface area contributed by atoms with Gasteiger partial charge in [-0.05, 0) is 19.1 Å². The monoisotopic (exact) mass is 304 g/mol.